The molecule has 0 unspecified atom stereocenters. The van der Waals surface area contributed by atoms with E-state index in [1.807, 2.05) is 12.1 Å². The van der Waals surface area contributed by atoms with Crippen LogP contribution in [-0.4, -0.2) is 33.3 Å². The molecule has 0 aliphatic heterocycles. The third kappa shape index (κ3) is 4.34. The van der Waals surface area contributed by atoms with Gasteiger partial charge in [-0.1, -0.05) is 48.0 Å². The first-order chi connectivity index (χ1) is 9.70. The van der Waals surface area contributed by atoms with Crippen LogP contribution in [0.5, 0.6) is 0 Å². The molecule has 0 spiro atoms. The Kier molecular flexibility index (Phi) is 6.09. The molecule has 20 heavy (non-hydrogen) atoms. The topological polar surface area (TPSA) is 55.6 Å². The van der Waals surface area contributed by atoms with Crippen LogP contribution < -0.4 is 5.32 Å². The van der Waals surface area contributed by atoms with Crippen molar-refractivity contribution >= 4 is 35.0 Å². The molecule has 0 atom stereocenters. The summed E-state index contributed by atoms with van der Waals surface area (Å²) in [6.45, 7) is 4.61. The van der Waals surface area contributed by atoms with Crippen molar-refractivity contribution in [3.63, 3.8) is 0 Å². The zero-order valence-electron chi connectivity index (χ0n) is 11.0. The lowest BCUT2D eigenvalue weighted by Gasteiger charge is -2.05. The number of halogens is 2. The Labute approximate surface area is 132 Å². The van der Waals surface area contributed by atoms with Crippen molar-refractivity contribution in [2.45, 2.75) is 24.4 Å². The summed E-state index contributed by atoms with van der Waals surface area (Å²) >= 11 is 13.5. The van der Waals surface area contributed by atoms with Crippen LogP contribution in [0.1, 0.15) is 12.5 Å². The molecular formula is C12H15Cl2N5S. The first-order valence-electron chi connectivity index (χ1n) is 6.24. The second-order valence-electron chi connectivity index (χ2n) is 4.08. The van der Waals surface area contributed by atoms with Crippen LogP contribution in [0.2, 0.25) is 10.0 Å². The molecule has 1 N–H and O–H groups in total. The van der Waals surface area contributed by atoms with E-state index in [-0.39, 0.29) is 0 Å². The number of rotatable bonds is 7. The molecule has 1 aromatic carbocycles. The van der Waals surface area contributed by atoms with Gasteiger partial charge >= 0.3 is 0 Å². The Morgan fingerprint density at radius 1 is 1.30 bits per heavy atom. The Balaban J connectivity index is 1.93. The Morgan fingerprint density at radius 3 is 2.90 bits per heavy atom. The predicted molar refractivity (Wildman–Crippen MR) is 82.4 cm³/mol. The van der Waals surface area contributed by atoms with Gasteiger partial charge in [0.15, 0.2) is 0 Å². The fraction of sp³-hybridized carbons (Fsp3) is 0.417. The monoisotopic (exact) mass is 331 g/mol. The van der Waals surface area contributed by atoms with Crippen molar-refractivity contribution in [1.29, 1.82) is 0 Å². The van der Waals surface area contributed by atoms with Gasteiger partial charge in [-0.2, -0.15) is 0 Å². The maximum absolute atomic E-state index is 6.00. The number of nitrogens with one attached hydrogen (secondary N) is 1. The molecule has 0 aliphatic rings. The van der Waals surface area contributed by atoms with Gasteiger partial charge < -0.3 is 5.32 Å². The van der Waals surface area contributed by atoms with Crippen LogP contribution in [0.3, 0.4) is 0 Å². The molecule has 108 valence electrons. The summed E-state index contributed by atoms with van der Waals surface area (Å²) < 4.78 is 1.80. The molecule has 2 aromatic rings. The molecule has 0 amide bonds. The highest BCUT2D eigenvalue weighted by atomic mass is 35.5. The SMILES string of the molecule is CCNCCn1nnnc1SCc1ccc(Cl)c(Cl)c1. The van der Waals surface area contributed by atoms with Crippen molar-refractivity contribution in [3.8, 4) is 0 Å². The molecule has 0 aliphatic carbocycles. The third-order valence-corrected chi connectivity index (χ3v) is 4.37. The van der Waals surface area contributed by atoms with Gasteiger partial charge in [0.1, 0.15) is 0 Å². The number of aromatic nitrogens is 4. The Morgan fingerprint density at radius 2 is 2.15 bits per heavy atom. The second kappa shape index (κ2) is 7.83. The zero-order valence-corrected chi connectivity index (χ0v) is 13.3. The van der Waals surface area contributed by atoms with E-state index in [9.17, 15) is 0 Å². The van der Waals surface area contributed by atoms with E-state index in [4.69, 9.17) is 23.2 Å². The molecule has 2 rings (SSSR count). The molecular weight excluding hydrogens is 317 g/mol. The van der Waals surface area contributed by atoms with Gasteiger partial charge in [0.25, 0.3) is 0 Å². The lowest BCUT2D eigenvalue weighted by atomic mass is 10.2. The van der Waals surface area contributed by atoms with Gasteiger partial charge in [-0.05, 0) is 34.7 Å². The largest absolute Gasteiger partial charge is 0.315 e. The number of hydrogen-bond donors (Lipinski definition) is 1. The molecule has 0 bridgehead atoms. The first kappa shape index (κ1) is 15.6. The maximum atomic E-state index is 6.00. The lowest BCUT2D eigenvalue weighted by Crippen LogP contribution is -2.20. The molecule has 8 heteroatoms. The summed E-state index contributed by atoms with van der Waals surface area (Å²) in [6, 6.07) is 5.62. The normalized spacial score (nSPS) is 10.9. The minimum Gasteiger partial charge on any atom is -0.315 e. The average molecular weight is 332 g/mol. The van der Waals surface area contributed by atoms with Gasteiger partial charge in [-0.15, -0.1) is 5.10 Å². The van der Waals surface area contributed by atoms with Crippen molar-refractivity contribution in [2.24, 2.45) is 0 Å². The highest BCUT2D eigenvalue weighted by Crippen LogP contribution is 2.26. The van der Waals surface area contributed by atoms with E-state index in [2.05, 4.69) is 27.8 Å². The number of nitrogens with zero attached hydrogens (tertiary/aromatic N) is 4. The summed E-state index contributed by atoms with van der Waals surface area (Å²) in [6.07, 6.45) is 0. The van der Waals surface area contributed by atoms with Gasteiger partial charge in [0, 0.05) is 12.3 Å². The third-order valence-electron chi connectivity index (χ3n) is 2.60. The molecule has 0 fully saturated rings. The van der Waals surface area contributed by atoms with Gasteiger partial charge in [0.05, 0.1) is 16.6 Å². The summed E-state index contributed by atoms with van der Waals surface area (Å²) in [5, 5.41) is 16.9. The van der Waals surface area contributed by atoms with Gasteiger partial charge in [-0.3, -0.25) is 0 Å². The maximum Gasteiger partial charge on any atom is 0.209 e. The zero-order chi connectivity index (χ0) is 14.4. The van der Waals surface area contributed by atoms with Crippen LogP contribution >= 0.6 is 35.0 Å². The van der Waals surface area contributed by atoms with E-state index in [0.717, 1.165) is 36.1 Å². The number of likely N-dealkylation sites (N-methyl/N-ethyl adjacent to an activating group) is 1. The van der Waals surface area contributed by atoms with Crippen LogP contribution in [-0.2, 0) is 12.3 Å². The smallest absolute Gasteiger partial charge is 0.209 e. The summed E-state index contributed by atoms with van der Waals surface area (Å²) in [5.41, 5.74) is 1.09. The molecule has 5 nitrogen and oxygen atoms in total. The van der Waals surface area contributed by atoms with E-state index in [1.54, 1.807) is 22.5 Å². The van der Waals surface area contributed by atoms with Crippen molar-refractivity contribution in [3.05, 3.63) is 33.8 Å². The predicted octanol–water partition coefficient (Wildman–Crippen LogP) is 2.88. The van der Waals surface area contributed by atoms with Crippen molar-refractivity contribution < 1.29 is 0 Å². The highest BCUT2D eigenvalue weighted by molar-refractivity contribution is 7.98. The minimum absolute atomic E-state index is 0.566. The Hall–Kier alpha value is -0.820. The van der Waals surface area contributed by atoms with E-state index in [1.165, 1.54) is 0 Å². The van der Waals surface area contributed by atoms with E-state index < -0.39 is 0 Å². The summed E-state index contributed by atoms with van der Waals surface area (Å²) in [7, 11) is 0. The van der Waals surface area contributed by atoms with E-state index >= 15 is 0 Å². The van der Waals surface area contributed by atoms with E-state index in [0.29, 0.717) is 10.0 Å². The fourth-order valence-electron chi connectivity index (χ4n) is 1.58. The summed E-state index contributed by atoms with van der Waals surface area (Å²) in [4.78, 5) is 0. The van der Waals surface area contributed by atoms with Gasteiger partial charge in [-0.25, -0.2) is 4.68 Å². The van der Waals surface area contributed by atoms with Crippen LogP contribution in [0.25, 0.3) is 0 Å². The summed E-state index contributed by atoms with van der Waals surface area (Å²) in [5.74, 6) is 0.748. The molecule has 0 radical (unpaired) electrons. The van der Waals surface area contributed by atoms with Crippen molar-refractivity contribution in [2.75, 3.05) is 13.1 Å². The highest BCUT2D eigenvalue weighted by Gasteiger charge is 2.07. The standard InChI is InChI=1S/C12H15Cl2N5S/c1-2-15-5-6-19-12(16-17-18-19)20-8-9-3-4-10(13)11(14)7-9/h3-4,7,15H,2,5-6,8H2,1H3. The molecule has 1 aromatic heterocycles. The first-order valence-corrected chi connectivity index (χ1v) is 7.98. The lowest BCUT2D eigenvalue weighted by molar-refractivity contribution is 0.517. The minimum atomic E-state index is 0.566. The molecule has 0 saturated carbocycles. The number of hydrogen-bond acceptors (Lipinski definition) is 5. The van der Waals surface area contributed by atoms with Crippen LogP contribution in [0, 0.1) is 0 Å². The van der Waals surface area contributed by atoms with Crippen LogP contribution in [0.4, 0.5) is 0 Å². The quantitative estimate of drug-likeness (QED) is 0.624. The number of tetrazole rings is 1. The fourth-order valence-corrected chi connectivity index (χ4v) is 2.75. The van der Waals surface area contributed by atoms with Crippen LogP contribution in [0.15, 0.2) is 23.4 Å². The van der Waals surface area contributed by atoms with Gasteiger partial charge in [0.2, 0.25) is 5.16 Å². The van der Waals surface area contributed by atoms with Crippen molar-refractivity contribution in [1.82, 2.24) is 25.5 Å². The number of benzene rings is 1. The second-order valence-corrected chi connectivity index (χ2v) is 5.83. The molecule has 1 heterocycles. The Bertz CT molecular complexity index is 561. The molecule has 0 saturated heterocycles. The number of thioether (sulfide) groups is 1. The average Bonchev–Trinajstić information content (AvgIpc) is 2.88.